The van der Waals surface area contributed by atoms with Gasteiger partial charge in [-0.2, -0.15) is 0 Å². The van der Waals surface area contributed by atoms with Crippen LogP contribution in [0.4, 0.5) is 11.4 Å². The van der Waals surface area contributed by atoms with Crippen molar-refractivity contribution in [2.45, 2.75) is 18.9 Å². The van der Waals surface area contributed by atoms with Crippen LogP contribution in [0.2, 0.25) is 0 Å². The lowest BCUT2D eigenvalue weighted by molar-refractivity contribution is -0.385. The van der Waals surface area contributed by atoms with Crippen molar-refractivity contribution < 1.29 is 9.66 Å². The van der Waals surface area contributed by atoms with Gasteiger partial charge >= 0.3 is 5.69 Å². The molecule has 0 N–H and O–H groups in total. The third-order valence-corrected chi connectivity index (χ3v) is 2.47. The quantitative estimate of drug-likeness (QED) is 0.579. The molecule has 1 aromatic carbocycles. The molecule has 16 heavy (non-hydrogen) atoms. The first kappa shape index (κ1) is 10.7. The number of benzene rings is 1. The number of nitro groups is 1. The van der Waals surface area contributed by atoms with Crippen molar-refractivity contribution in [2.24, 2.45) is 0 Å². The van der Waals surface area contributed by atoms with Gasteiger partial charge in [-0.05, 0) is 18.9 Å². The summed E-state index contributed by atoms with van der Waals surface area (Å²) >= 11 is 0. The molecule has 0 atom stereocenters. The Hall–Kier alpha value is -1.78. The van der Waals surface area contributed by atoms with Crippen molar-refractivity contribution in [1.82, 2.24) is 0 Å². The first-order chi connectivity index (χ1) is 7.58. The Bertz CT molecular complexity index is 414. The zero-order valence-electron chi connectivity index (χ0n) is 9.34. The second-order valence-corrected chi connectivity index (χ2v) is 4.12. The van der Waals surface area contributed by atoms with Gasteiger partial charge in [0.05, 0.1) is 11.0 Å². The van der Waals surface area contributed by atoms with Gasteiger partial charge < -0.3 is 9.64 Å². The number of nitro benzene ring substituents is 1. The van der Waals surface area contributed by atoms with Crippen LogP contribution in [0.25, 0.3) is 0 Å². The molecule has 0 saturated heterocycles. The van der Waals surface area contributed by atoms with Gasteiger partial charge in [-0.15, -0.1) is 0 Å². The van der Waals surface area contributed by atoms with E-state index in [2.05, 4.69) is 0 Å². The summed E-state index contributed by atoms with van der Waals surface area (Å²) in [6, 6.07) is 4.93. The third kappa shape index (κ3) is 2.24. The van der Waals surface area contributed by atoms with Crippen LogP contribution in [0.3, 0.4) is 0 Å². The lowest BCUT2D eigenvalue weighted by atomic mass is 10.2. The molecular formula is C11H14N2O3. The third-order valence-electron chi connectivity index (χ3n) is 2.47. The van der Waals surface area contributed by atoms with E-state index >= 15 is 0 Å². The van der Waals surface area contributed by atoms with E-state index in [4.69, 9.17) is 4.74 Å². The largest absolute Gasteiger partial charge is 0.483 e. The first-order valence-electron chi connectivity index (χ1n) is 5.20. The number of hydrogen-bond donors (Lipinski definition) is 0. The normalized spacial score (nSPS) is 14.6. The van der Waals surface area contributed by atoms with E-state index in [1.165, 1.54) is 6.07 Å². The molecule has 86 valence electrons. The lowest BCUT2D eigenvalue weighted by Gasteiger charge is -2.14. The van der Waals surface area contributed by atoms with Crippen molar-refractivity contribution >= 4 is 11.4 Å². The van der Waals surface area contributed by atoms with Crippen molar-refractivity contribution in [3.05, 3.63) is 28.3 Å². The zero-order valence-corrected chi connectivity index (χ0v) is 9.34. The fraction of sp³-hybridized carbons (Fsp3) is 0.455. The molecule has 5 heteroatoms. The van der Waals surface area contributed by atoms with E-state index in [0.717, 1.165) is 18.5 Å². The minimum atomic E-state index is -0.406. The van der Waals surface area contributed by atoms with Crippen molar-refractivity contribution in [3.8, 4) is 5.75 Å². The second-order valence-electron chi connectivity index (χ2n) is 4.12. The van der Waals surface area contributed by atoms with Crippen molar-refractivity contribution in [1.29, 1.82) is 0 Å². The van der Waals surface area contributed by atoms with E-state index in [1.807, 2.05) is 19.0 Å². The Morgan fingerprint density at radius 1 is 1.44 bits per heavy atom. The van der Waals surface area contributed by atoms with Gasteiger partial charge in [0.25, 0.3) is 0 Å². The smallest absolute Gasteiger partial charge is 0.311 e. The summed E-state index contributed by atoms with van der Waals surface area (Å²) in [5.74, 6) is 0.374. The Morgan fingerprint density at radius 3 is 2.62 bits per heavy atom. The first-order valence-corrected chi connectivity index (χ1v) is 5.20. The van der Waals surface area contributed by atoms with Gasteiger partial charge in [0.1, 0.15) is 0 Å². The molecule has 2 rings (SSSR count). The molecule has 1 aliphatic carbocycles. The number of nitrogens with zero attached hydrogens (tertiary/aromatic N) is 2. The van der Waals surface area contributed by atoms with Gasteiger partial charge in [-0.25, -0.2) is 0 Å². The maximum absolute atomic E-state index is 10.8. The van der Waals surface area contributed by atoms with Crippen LogP contribution >= 0.6 is 0 Å². The average molecular weight is 222 g/mol. The highest BCUT2D eigenvalue weighted by molar-refractivity contribution is 5.58. The molecule has 0 unspecified atom stereocenters. The molecule has 0 aliphatic heterocycles. The van der Waals surface area contributed by atoms with Gasteiger partial charge in [0.15, 0.2) is 5.75 Å². The SMILES string of the molecule is CN(C)c1ccc([N+](=O)[O-])c(OC2CC2)c1. The van der Waals surface area contributed by atoms with Crippen LogP contribution in [-0.2, 0) is 0 Å². The van der Waals surface area contributed by atoms with Crippen LogP contribution in [0.1, 0.15) is 12.8 Å². The predicted octanol–water partition coefficient (Wildman–Crippen LogP) is 2.20. The molecule has 5 nitrogen and oxygen atoms in total. The molecule has 1 aliphatic rings. The number of anilines is 1. The number of hydrogen-bond acceptors (Lipinski definition) is 4. The van der Waals surface area contributed by atoms with Crippen LogP contribution < -0.4 is 9.64 Å². The van der Waals surface area contributed by atoms with Crippen LogP contribution in [0, 0.1) is 10.1 Å². The molecule has 0 radical (unpaired) electrons. The Labute approximate surface area is 93.8 Å². The van der Waals surface area contributed by atoms with Crippen molar-refractivity contribution in [3.63, 3.8) is 0 Å². The monoisotopic (exact) mass is 222 g/mol. The highest BCUT2D eigenvalue weighted by Gasteiger charge is 2.27. The summed E-state index contributed by atoms with van der Waals surface area (Å²) < 4.78 is 5.54. The minimum absolute atomic E-state index is 0.0394. The molecule has 0 heterocycles. The van der Waals surface area contributed by atoms with E-state index in [0.29, 0.717) is 5.75 Å². The van der Waals surface area contributed by atoms with Gasteiger partial charge in [0.2, 0.25) is 0 Å². The second kappa shape index (κ2) is 4.00. The maximum atomic E-state index is 10.8. The standard InChI is InChI=1S/C11H14N2O3/c1-12(2)8-3-6-10(13(14)15)11(7-8)16-9-4-5-9/h3,6-7,9H,4-5H2,1-2H3. The average Bonchev–Trinajstić information content (AvgIpc) is 3.01. The topological polar surface area (TPSA) is 55.6 Å². The molecule has 1 saturated carbocycles. The number of ether oxygens (including phenoxy) is 1. The molecule has 1 fully saturated rings. The summed E-state index contributed by atoms with van der Waals surface area (Å²) in [6.45, 7) is 0. The Balaban J connectivity index is 2.33. The predicted molar refractivity (Wildman–Crippen MR) is 61.1 cm³/mol. The highest BCUT2D eigenvalue weighted by atomic mass is 16.6. The zero-order chi connectivity index (χ0) is 11.7. The summed E-state index contributed by atoms with van der Waals surface area (Å²) in [7, 11) is 3.78. The van der Waals surface area contributed by atoms with Gasteiger partial charge in [0, 0.05) is 31.9 Å². The fourth-order valence-electron chi connectivity index (χ4n) is 1.39. The van der Waals surface area contributed by atoms with Crippen LogP contribution in [0.5, 0.6) is 5.75 Å². The molecule has 0 spiro atoms. The summed E-state index contributed by atoms with van der Waals surface area (Å²) in [5.41, 5.74) is 0.943. The van der Waals surface area contributed by atoms with Crippen molar-refractivity contribution in [2.75, 3.05) is 19.0 Å². The Kier molecular flexibility index (Phi) is 2.68. The summed E-state index contributed by atoms with van der Waals surface area (Å²) in [5, 5.41) is 10.8. The molecular weight excluding hydrogens is 208 g/mol. The van der Waals surface area contributed by atoms with Crippen LogP contribution in [0.15, 0.2) is 18.2 Å². The van der Waals surface area contributed by atoms with Gasteiger partial charge in [-0.1, -0.05) is 0 Å². The van der Waals surface area contributed by atoms with E-state index < -0.39 is 4.92 Å². The van der Waals surface area contributed by atoms with E-state index in [9.17, 15) is 10.1 Å². The van der Waals surface area contributed by atoms with E-state index in [-0.39, 0.29) is 11.8 Å². The van der Waals surface area contributed by atoms with Crippen LogP contribution in [-0.4, -0.2) is 25.1 Å². The fourth-order valence-corrected chi connectivity index (χ4v) is 1.39. The van der Waals surface area contributed by atoms with Gasteiger partial charge in [-0.3, -0.25) is 10.1 Å². The highest BCUT2D eigenvalue weighted by Crippen LogP contribution is 2.35. The minimum Gasteiger partial charge on any atom is -0.483 e. The maximum Gasteiger partial charge on any atom is 0.311 e. The molecule has 0 aromatic heterocycles. The number of rotatable bonds is 4. The molecule has 0 amide bonds. The summed E-state index contributed by atoms with van der Waals surface area (Å²) in [4.78, 5) is 12.3. The molecule has 1 aromatic rings. The van der Waals surface area contributed by atoms with E-state index in [1.54, 1.807) is 12.1 Å². The Morgan fingerprint density at radius 2 is 2.12 bits per heavy atom. The summed E-state index contributed by atoms with van der Waals surface area (Å²) in [6.07, 6.45) is 2.14. The molecule has 0 bridgehead atoms. The lowest BCUT2D eigenvalue weighted by Crippen LogP contribution is -2.09.